The van der Waals surface area contributed by atoms with Crippen molar-refractivity contribution in [3.05, 3.63) is 22.9 Å². The molecule has 0 aromatic carbocycles. The van der Waals surface area contributed by atoms with Gasteiger partial charge in [0, 0.05) is 17.8 Å². The highest BCUT2D eigenvalue weighted by Gasteiger charge is 2.03. The Balaban J connectivity index is 2.86. The molecule has 0 radical (unpaired) electrons. The van der Waals surface area contributed by atoms with Crippen LogP contribution in [0.4, 0.5) is 4.79 Å². The topological polar surface area (TPSA) is 39.2 Å². The Morgan fingerprint density at radius 3 is 3.00 bits per heavy atom. The highest BCUT2D eigenvalue weighted by atomic mass is 79.9. The van der Waals surface area contributed by atoms with Crippen LogP contribution in [-0.4, -0.2) is 10.4 Å². The Morgan fingerprint density at radius 1 is 1.73 bits per heavy atom. The normalized spacial score (nSPS) is 9.27. The van der Waals surface area contributed by atoms with Crippen molar-refractivity contribution >= 4 is 33.0 Å². The first-order valence-corrected chi connectivity index (χ1v) is 3.85. The summed E-state index contributed by atoms with van der Waals surface area (Å²) in [7, 11) is 0. The van der Waals surface area contributed by atoms with E-state index in [-0.39, 0.29) is 0 Å². The predicted molar refractivity (Wildman–Crippen MR) is 43.8 cm³/mol. The van der Waals surface area contributed by atoms with Gasteiger partial charge in [0.25, 0.3) is 0 Å². The summed E-state index contributed by atoms with van der Waals surface area (Å²) in [6.07, 6.45) is 1.57. The van der Waals surface area contributed by atoms with E-state index in [1.165, 1.54) is 0 Å². The van der Waals surface area contributed by atoms with Gasteiger partial charge in [-0.3, -0.25) is 0 Å². The van der Waals surface area contributed by atoms with E-state index in [4.69, 9.17) is 11.6 Å². The van der Waals surface area contributed by atoms with Crippen LogP contribution in [0.15, 0.2) is 22.9 Å². The van der Waals surface area contributed by atoms with Gasteiger partial charge >= 0.3 is 5.43 Å². The van der Waals surface area contributed by atoms with E-state index >= 15 is 0 Å². The zero-order chi connectivity index (χ0) is 8.27. The third-order valence-corrected chi connectivity index (χ3v) is 1.59. The maximum atomic E-state index is 10.3. The van der Waals surface area contributed by atoms with Gasteiger partial charge in [-0.25, -0.2) is 9.78 Å². The van der Waals surface area contributed by atoms with Gasteiger partial charge in [-0.1, -0.05) is 0 Å². The molecule has 0 aliphatic carbocycles. The third-order valence-electron chi connectivity index (χ3n) is 0.915. The van der Waals surface area contributed by atoms with E-state index in [1.54, 1.807) is 18.3 Å². The summed E-state index contributed by atoms with van der Waals surface area (Å²) in [5, 5.41) is 0. The molecule has 0 fully saturated rings. The molecule has 0 unspecified atom stereocenters. The molecule has 3 nitrogen and oxygen atoms in total. The maximum absolute atomic E-state index is 10.3. The summed E-state index contributed by atoms with van der Waals surface area (Å²) < 4.78 is 5.01. The van der Waals surface area contributed by atoms with E-state index in [0.717, 1.165) is 0 Å². The molecular formula is C6H3BrClNO2. The van der Waals surface area contributed by atoms with Crippen molar-refractivity contribution in [2.24, 2.45) is 0 Å². The molecule has 11 heavy (non-hydrogen) atoms. The van der Waals surface area contributed by atoms with Crippen LogP contribution in [0.5, 0.6) is 5.75 Å². The lowest BCUT2D eigenvalue weighted by Gasteiger charge is -1.99. The smallest absolute Gasteiger partial charge is 0.409 e. The maximum Gasteiger partial charge on any atom is 0.409 e. The molecule has 0 saturated carbocycles. The summed E-state index contributed by atoms with van der Waals surface area (Å²) in [6.45, 7) is 0. The zero-order valence-corrected chi connectivity index (χ0v) is 7.59. The lowest BCUT2D eigenvalue weighted by molar-refractivity contribution is 0.225. The molecule has 0 spiro atoms. The molecule has 0 atom stereocenters. The summed E-state index contributed by atoms with van der Waals surface area (Å²) in [4.78, 5) is 14.1. The van der Waals surface area contributed by atoms with E-state index in [9.17, 15) is 4.79 Å². The SMILES string of the molecule is O=C(Cl)Oc1cccnc1Br. The molecule has 1 aromatic heterocycles. The molecule has 0 saturated heterocycles. The van der Waals surface area contributed by atoms with Crippen LogP contribution in [0.25, 0.3) is 0 Å². The second-order valence-corrected chi connectivity index (χ2v) is 2.69. The second-order valence-electron chi connectivity index (χ2n) is 1.63. The Morgan fingerprint density at radius 2 is 2.45 bits per heavy atom. The van der Waals surface area contributed by atoms with Gasteiger partial charge in [-0.05, 0) is 28.1 Å². The summed E-state index contributed by atoms with van der Waals surface area (Å²) in [5.41, 5.74) is -0.876. The molecule has 5 heteroatoms. The van der Waals surface area contributed by atoms with Gasteiger partial charge in [0.15, 0.2) is 5.75 Å². The molecule has 58 valence electrons. The minimum Gasteiger partial charge on any atom is -0.412 e. The van der Waals surface area contributed by atoms with Gasteiger partial charge in [0.2, 0.25) is 0 Å². The summed E-state index contributed by atoms with van der Waals surface area (Å²) in [5.74, 6) is 0.313. The Labute approximate surface area is 76.5 Å². The Hall–Kier alpha value is -0.610. The van der Waals surface area contributed by atoms with Crippen LogP contribution >= 0.6 is 27.5 Å². The van der Waals surface area contributed by atoms with E-state index in [1.807, 2.05) is 0 Å². The highest BCUT2D eigenvalue weighted by molar-refractivity contribution is 9.10. The van der Waals surface area contributed by atoms with Gasteiger partial charge in [-0.15, -0.1) is 0 Å². The average molecular weight is 236 g/mol. The van der Waals surface area contributed by atoms with Crippen LogP contribution in [0.3, 0.4) is 0 Å². The number of nitrogens with zero attached hydrogens (tertiary/aromatic N) is 1. The number of ether oxygens (including phenoxy) is 1. The molecule has 0 bridgehead atoms. The fourth-order valence-electron chi connectivity index (χ4n) is 0.534. The minimum absolute atomic E-state index is 0.313. The summed E-state index contributed by atoms with van der Waals surface area (Å²) in [6, 6.07) is 3.22. The fraction of sp³-hybridized carbons (Fsp3) is 0. The molecule has 1 heterocycles. The monoisotopic (exact) mass is 235 g/mol. The molecule has 1 rings (SSSR count). The van der Waals surface area contributed by atoms with Gasteiger partial charge in [0.05, 0.1) is 0 Å². The minimum atomic E-state index is -0.876. The molecule has 0 N–H and O–H groups in total. The van der Waals surface area contributed by atoms with Gasteiger partial charge in [0.1, 0.15) is 4.60 Å². The first kappa shape index (κ1) is 8.49. The number of hydrogen-bond donors (Lipinski definition) is 0. The van der Waals surface area contributed by atoms with Crippen LogP contribution < -0.4 is 4.74 Å². The van der Waals surface area contributed by atoms with Crippen molar-refractivity contribution in [3.8, 4) is 5.75 Å². The lowest BCUT2D eigenvalue weighted by atomic mass is 10.5. The Kier molecular flexibility index (Phi) is 2.84. The predicted octanol–water partition coefficient (Wildman–Crippen LogP) is 2.58. The zero-order valence-electron chi connectivity index (χ0n) is 5.25. The number of rotatable bonds is 1. The molecule has 0 amide bonds. The average Bonchev–Trinajstić information content (AvgIpc) is 1.93. The van der Waals surface area contributed by atoms with Crippen molar-refractivity contribution in [1.82, 2.24) is 4.98 Å². The number of aromatic nitrogens is 1. The molecule has 0 aliphatic heterocycles. The Bertz CT molecular complexity index is 279. The number of carbonyl (C=O) groups is 1. The van der Waals surface area contributed by atoms with Gasteiger partial charge in [-0.2, -0.15) is 0 Å². The number of carbonyl (C=O) groups excluding carboxylic acids is 1. The highest BCUT2D eigenvalue weighted by Crippen LogP contribution is 2.21. The van der Waals surface area contributed by atoms with Crippen LogP contribution in [-0.2, 0) is 0 Å². The number of hydrogen-bond acceptors (Lipinski definition) is 3. The lowest BCUT2D eigenvalue weighted by Crippen LogP contribution is -1.97. The fourth-order valence-corrected chi connectivity index (χ4v) is 0.948. The largest absolute Gasteiger partial charge is 0.412 e. The van der Waals surface area contributed by atoms with E-state index in [0.29, 0.717) is 10.4 Å². The standard InChI is InChI=1S/C6H3BrClNO2/c7-5-4(11-6(8)10)2-1-3-9-5/h1-3H. The van der Waals surface area contributed by atoms with Crippen LogP contribution in [0.2, 0.25) is 0 Å². The van der Waals surface area contributed by atoms with Crippen molar-refractivity contribution in [1.29, 1.82) is 0 Å². The first-order valence-electron chi connectivity index (χ1n) is 2.68. The van der Waals surface area contributed by atoms with E-state index in [2.05, 4.69) is 25.7 Å². The third kappa shape index (κ3) is 2.48. The first-order chi connectivity index (χ1) is 5.20. The van der Waals surface area contributed by atoms with Crippen molar-refractivity contribution in [3.63, 3.8) is 0 Å². The quantitative estimate of drug-likeness (QED) is 0.556. The number of pyridine rings is 1. The molecule has 0 aliphatic rings. The van der Waals surface area contributed by atoms with Gasteiger partial charge < -0.3 is 4.74 Å². The van der Waals surface area contributed by atoms with Crippen molar-refractivity contribution in [2.45, 2.75) is 0 Å². The molecule has 1 aromatic rings. The van der Waals surface area contributed by atoms with Crippen molar-refractivity contribution < 1.29 is 9.53 Å². The van der Waals surface area contributed by atoms with Crippen molar-refractivity contribution in [2.75, 3.05) is 0 Å². The van der Waals surface area contributed by atoms with Crippen LogP contribution in [0, 0.1) is 0 Å². The van der Waals surface area contributed by atoms with Crippen LogP contribution in [0.1, 0.15) is 0 Å². The van der Waals surface area contributed by atoms with E-state index < -0.39 is 5.43 Å². The molecular weight excluding hydrogens is 233 g/mol. The summed E-state index contributed by atoms with van der Waals surface area (Å²) >= 11 is 8.05. The second kappa shape index (κ2) is 3.69. The number of halogens is 2.